The number of nitrogens with one attached hydrogen (secondary N) is 2. The molecular formula is C13H13ClN2O4. The van der Waals surface area contributed by atoms with Crippen molar-refractivity contribution in [1.29, 1.82) is 0 Å². The first-order valence-electron chi connectivity index (χ1n) is 6.06. The van der Waals surface area contributed by atoms with Gasteiger partial charge in [0.2, 0.25) is 11.8 Å². The second-order valence-electron chi connectivity index (χ2n) is 4.46. The molecule has 1 aliphatic rings. The SMILES string of the molecule is O=C1CCC(C(=O)N[C@@H](C(=O)O)c2ccccc2Cl)N1. The molecule has 1 saturated heterocycles. The molecule has 6 nitrogen and oxygen atoms in total. The number of hydrogen-bond donors (Lipinski definition) is 3. The molecule has 1 aromatic carbocycles. The average Bonchev–Trinajstić information content (AvgIpc) is 2.83. The molecule has 1 fully saturated rings. The van der Waals surface area contributed by atoms with Crippen molar-refractivity contribution >= 4 is 29.4 Å². The van der Waals surface area contributed by atoms with Crippen LogP contribution in [-0.4, -0.2) is 28.9 Å². The van der Waals surface area contributed by atoms with Crippen LogP contribution in [0.25, 0.3) is 0 Å². The first-order chi connectivity index (χ1) is 9.49. The molecule has 2 atom stereocenters. The third kappa shape index (κ3) is 3.08. The van der Waals surface area contributed by atoms with Gasteiger partial charge in [0, 0.05) is 17.0 Å². The highest BCUT2D eigenvalue weighted by molar-refractivity contribution is 6.31. The summed E-state index contributed by atoms with van der Waals surface area (Å²) in [4.78, 5) is 34.3. The fourth-order valence-electron chi connectivity index (χ4n) is 2.04. The highest BCUT2D eigenvalue weighted by atomic mass is 35.5. The second kappa shape index (κ2) is 5.92. The molecule has 1 aliphatic heterocycles. The van der Waals surface area contributed by atoms with Crippen molar-refractivity contribution in [2.45, 2.75) is 24.9 Å². The van der Waals surface area contributed by atoms with Crippen LogP contribution in [0.1, 0.15) is 24.4 Å². The van der Waals surface area contributed by atoms with Crippen LogP contribution in [0.3, 0.4) is 0 Å². The fourth-order valence-corrected chi connectivity index (χ4v) is 2.28. The van der Waals surface area contributed by atoms with Gasteiger partial charge in [-0.1, -0.05) is 29.8 Å². The number of amides is 2. The lowest BCUT2D eigenvalue weighted by atomic mass is 10.1. The summed E-state index contributed by atoms with van der Waals surface area (Å²) >= 11 is 5.94. The van der Waals surface area contributed by atoms with Crippen LogP contribution in [0.5, 0.6) is 0 Å². The topological polar surface area (TPSA) is 95.5 Å². The van der Waals surface area contributed by atoms with Crippen molar-refractivity contribution < 1.29 is 19.5 Å². The van der Waals surface area contributed by atoms with Gasteiger partial charge in [0.05, 0.1) is 0 Å². The summed E-state index contributed by atoms with van der Waals surface area (Å²) in [7, 11) is 0. The lowest BCUT2D eigenvalue weighted by molar-refractivity contribution is -0.142. The Hall–Kier alpha value is -2.08. The maximum Gasteiger partial charge on any atom is 0.330 e. The highest BCUT2D eigenvalue weighted by Gasteiger charge is 2.31. The number of rotatable bonds is 4. The molecule has 2 rings (SSSR count). The summed E-state index contributed by atoms with van der Waals surface area (Å²) in [5, 5.41) is 14.4. The van der Waals surface area contributed by atoms with Crippen LogP contribution in [0.4, 0.5) is 0 Å². The molecule has 0 spiro atoms. The minimum absolute atomic E-state index is 0.213. The second-order valence-corrected chi connectivity index (χ2v) is 4.87. The van der Waals surface area contributed by atoms with E-state index < -0.39 is 24.0 Å². The van der Waals surface area contributed by atoms with Gasteiger partial charge >= 0.3 is 5.97 Å². The smallest absolute Gasteiger partial charge is 0.330 e. The Balaban J connectivity index is 2.14. The molecule has 0 aliphatic carbocycles. The molecule has 2 amide bonds. The van der Waals surface area contributed by atoms with Crippen molar-refractivity contribution in [3.63, 3.8) is 0 Å². The Morgan fingerprint density at radius 3 is 2.65 bits per heavy atom. The van der Waals surface area contributed by atoms with Crippen molar-refractivity contribution in [3.05, 3.63) is 34.9 Å². The van der Waals surface area contributed by atoms with Crippen LogP contribution in [0.2, 0.25) is 5.02 Å². The molecule has 1 aromatic rings. The van der Waals surface area contributed by atoms with Crippen LogP contribution in [0, 0.1) is 0 Å². The van der Waals surface area contributed by atoms with E-state index in [1.807, 2.05) is 0 Å². The molecule has 0 bridgehead atoms. The number of carboxylic acid groups (broad SMARTS) is 1. The lowest BCUT2D eigenvalue weighted by Crippen LogP contribution is -2.45. The molecule has 20 heavy (non-hydrogen) atoms. The number of halogens is 1. The van der Waals surface area contributed by atoms with E-state index in [2.05, 4.69) is 10.6 Å². The zero-order valence-electron chi connectivity index (χ0n) is 10.4. The maximum absolute atomic E-state index is 12.0. The summed E-state index contributed by atoms with van der Waals surface area (Å²) in [5.41, 5.74) is 0.305. The first-order valence-corrected chi connectivity index (χ1v) is 6.44. The predicted octanol–water partition coefficient (Wildman–Crippen LogP) is 0.860. The van der Waals surface area contributed by atoms with E-state index in [-0.39, 0.29) is 17.4 Å². The van der Waals surface area contributed by atoms with Crippen LogP contribution in [-0.2, 0) is 14.4 Å². The summed E-state index contributed by atoms with van der Waals surface area (Å²) in [6, 6.07) is 4.47. The Labute approximate surface area is 120 Å². The molecule has 106 valence electrons. The Morgan fingerprint density at radius 2 is 2.10 bits per heavy atom. The molecule has 1 heterocycles. The quantitative estimate of drug-likeness (QED) is 0.768. The van der Waals surface area contributed by atoms with Gasteiger partial charge in [0.25, 0.3) is 0 Å². The minimum Gasteiger partial charge on any atom is -0.479 e. The zero-order chi connectivity index (χ0) is 14.7. The Morgan fingerprint density at radius 1 is 1.40 bits per heavy atom. The number of carbonyl (C=O) groups excluding carboxylic acids is 2. The number of aliphatic carboxylic acids is 1. The number of carbonyl (C=O) groups is 3. The van der Waals surface area contributed by atoms with Crippen LogP contribution >= 0.6 is 11.6 Å². The summed E-state index contributed by atoms with van der Waals surface area (Å²) in [6.07, 6.45) is 0.626. The molecule has 7 heteroatoms. The summed E-state index contributed by atoms with van der Waals surface area (Å²) in [6.45, 7) is 0. The van der Waals surface area contributed by atoms with E-state index in [9.17, 15) is 19.5 Å². The van der Waals surface area contributed by atoms with Gasteiger partial charge in [-0.05, 0) is 12.5 Å². The van der Waals surface area contributed by atoms with Crippen LogP contribution in [0.15, 0.2) is 24.3 Å². The van der Waals surface area contributed by atoms with Gasteiger partial charge in [0.15, 0.2) is 6.04 Å². The van der Waals surface area contributed by atoms with E-state index in [0.29, 0.717) is 12.0 Å². The zero-order valence-corrected chi connectivity index (χ0v) is 11.2. The van der Waals surface area contributed by atoms with E-state index in [1.165, 1.54) is 6.07 Å². The van der Waals surface area contributed by atoms with Gasteiger partial charge in [-0.15, -0.1) is 0 Å². The molecular weight excluding hydrogens is 284 g/mol. The van der Waals surface area contributed by atoms with Crippen LogP contribution < -0.4 is 10.6 Å². The molecule has 0 saturated carbocycles. The normalized spacial score (nSPS) is 19.2. The van der Waals surface area contributed by atoms with Gasteiger partial charge in [-0.3, -0.25) is 9.59 Å². The molecule has 0 radical (unpaired) electrons. The van der Waals surface area contributed by atoms with Gasteiger partial charge in [-0.25, -0.2) is 4.79 Å². The Kier molecular flexibility index (Phi) is 4.24. The van der Waals surface area contributed by atoms with Crippen molar-refractivity contribution in [3.8, 4) is 0 Å². The summed E-state index contributed by atoms with van der Waals surface area (Å²) < 4.78 is 0. The monoisotopic (exact) mass is 296 g/mol. The number of hydrogen-bond acceptors (Lipinski definition) is 3. The average molecular weight is 297 g/mol. The minimum atomic E-state index is -1.24. The van der Waals surface area contributed by atoms with E-state index in [4.69, 9.17) is 11.6 Å². The number of carboxylic acids is 1. The van der Waals surface area contributed by atoms with Crippen molar-refractivity contribution in [2.24, 2.45) is 0 Å². The highest BCUT2D eigenvalue weighted by Crippen LogP contribution is 2.23. The van der Waals surface area contributed by atoms with Gasteiger partial charge in [-0.2, -0.15) is 0 Å². The van der Waals surface area contributed by atoms with E-state index >= 15 is 0 Å². The Bertz CT molecular complexity index is 561. The number of benzene rings is 1. The van der Waals surface area contributed by atoms with E-state index in [1.54, 1.807) is 18.2 Å². The predicted molar refractivity (Wildman–Crippen MR) is 71.1 cm³/mol. The lowest BCUT2D eigenvalue weighted by Gasteiger charge is -2.18. The summed E-state index contributed by atoms with van der Waals surface area (Å²) in [5.74, 6) is -1.95. The standard InChI is InChI=1S/C13H13ClN2O4/c14-8-4-2-1-3-7(8)11(13(19)20)16-12(18)9-5-6-10(17)15-9/h1-4,9,11H,5-6H2,(H,15,17)(H,16,18)(H,19,20)/t9?,11-/m1/s1. The largest absolute Gasteiger partial charge is 0.479 e. The third-order valence-corrected chi connectivity index (χ3v) is 3.41. The van der Waals surface area contributed by atoms with Crippen molar-refractivity contribution in [1.82, 2.24) is 10.6 Å². The maximum atomic E-state index is 12.0. The van der Waals surface area contributed by atoms with Crippen molar-refractivity contribution in [2.75, 3.05) is 0 Å². The molecule has 0 aromatic heterocycles. The van der Waals surface area contributed by atoms with E-state index in [0.717, 1.165) is 0 Å². The third-order valence-electron chi connectivity index (χ3n) is 3.06. The van der Waals surface area contributed by atoms with Gasteiger partial charge < -0.3 is 15.7 Å². The fraction of sp³-hybridized carbons (Fsp3) is 0.308. The first kappa shape index (κ1) is 14.3. The molecule has 3 N–H and O–H groups in total. The molecule has 1 unspecified atom stereocenters. The van der Waals surface area contributed by atoms with Gasteiger partial charge in [0.1, 0.15) is 6.04 Å².